The largest absolute Gasteiger partial charge is 0.489 e. The molecular weight excluding hydrogens is 312 g/mol. The topological polar surface area (TPSA) is 54.9 Å². The lowest BCUT2D eigenvalue weighted by atomic mass is 10.2. The van der Waals surface area contributed by atoms with Gasteiger partial charge in [-0.25, -0.2) is 10.1 Å². The van der Waals surface area contributed by atoms with Crippen molar-refractivity contribution in [3.05, 3.63) is 59.7 Å². The van der Waals surface area contributed by atoms with Crippen molar-refractivity contribution in [1.82, 2.24) is 5.32 Å². The van der Waals surface area contributed by atoms with Gasteiger partial charge in [0.1, 0.15) is 18.0 Å². The number of carbonyl (C=O) groups excluding carboxylic acids is 1. The van der Waals surface area contributed by atoms with Crippen LogP contribution in [0.5, 0.6) is 5.75 Å². The zero-order valence-electron chi connectivity index (χ0n) is 13.2. The van der Waals surface area contributed by atoms with Gasteiger partial charge in [-0.2, -0.15) is 0 Å². The van der Waals surface area contributed by atoms with Crippen molar-refractivity contribution in [1.29, 1.82) is 0 Å². The van der Waals surface area contributed by atoms with E-state index in [4.69, 9.17) is 16.3 Å². The van der Waals surface area contributed by atoms with Crippen molar-refractivity contribution in [2.45, 2.75) is 20.0 Å². The van der Waals surface area contributed by atoms with Gasteiger partial charge in [0.05, 0.1) is 0 Å². The number of rotatable bonds is 7. The van der Waals surface area contributed by atoms with Crippen LogP contribution in [0, 0.1) is 6.92 Å². The van der Waals surface area contributed by atoms with Gasteiger partial charge in [-0.05, 0) is 30.5 Å². The standard InChI is InChI=1S/C18H21ClN2O2/c1-14-12-16(21-18(22)20-11-5-10-19)8-9-17(14)23-13-15-6-3-2-4-7-15/h2-4,6-9,12H,5,10-11,13H2,1H3,(H2,20,21,22)/p+1. The van der Waals surface area contributed by atoms with Crippen molar-refractivity contribution >= 4 is 23.3 Å². The van der Waals surface area contributed by atoms with E-state index < -0.39 is 0 Å². The van der Waals surface area contributed by atoms with Crippen LogP contribution in [-0.2, 0) is 6.61 Å². The Bertz CT molecular complexity index is 632. The highest BCUT2D eigenvalue weighted by molar-refractivity contribution is 6.17. The zero-order chi connectivity index (χ0) is 16.5. The van der Waals surface area contributed by atoms with Gasteiger partial charge < -0.3 is 10.1 Å². The highest BCUT2D eigenvalue weighted by atomic mass is 35.5. The number of nitrogens with two attached hydrogens (primary N) is 1. The molecule has 122 valence electrons. The second-order valence-electron chi connectivity index (χ2n) is 5.28. The molecule has 2 amide bonds. The maximum atomic E-state index is 11.8. The molecule has 0 spiro atoms. The van der Waals surface area contributed by atoms with E-state index in [9.17, 15) is 4.79 Å². The van der Waals surface area contributed by atoms with Crippen LogP contribution in [0.3, 0.4) is 0 Å². The molecule has 0 aromatic heterocycles. The van der Waals surface area contributed by atoms with Crippen LogP contribution < -0.4 is 15.4 Å². The summed E-state index contributed by atoms with van der Waals surface area (Å²) in [5.74, 6) is 1.38. The molecule has 0 aliphatic carbocycles. The van der Waals surface area contributed by atoms with Gasteiger partial charge in [0.25, 0.3) is 0 Å². The molecule has 5 heteroatoms. The molecule has 0 saturated carbocycles. The lowest BCUT2D eigenvalue weighted by molar-refractivity contribution is -0.464. The molecule has 0 unspecified atom stereocenters. The number of alkyl halides is 1. The van der Waals surface area contributed by atoms with Crippen LogP contribution >= 0.6 is 11.6 Å². The van der Waals surface area contributed by atoms with Crippen LogP contribution in [0.4, 0.5) is 10.5 Å². The highest BCUT2D eigenvalue weighted by Crippen LogP contribution is 2.20. The Kier molecular flexibility index (Phi) is 6.91. The van der Waals surface area contributed by atoms with Crippen molar-refractivity contribution in [2.24, 2.45) is 0 Å². The maximum absolute atomic E-state index is 11.8. The summed E-state index contributed by atoms with van der Waals surface area (Å²) >= 11 is 5.58. The van der Waals surface area contributed by atoms with Gasteiger partial charge in [0.2, 0.25) is 0 Å². The van der Waals surface area contributed by atoms with Gasteiger partial charge in [0.15, 0.2) is 0 Å². The van der Waals surface area contributed by atoms with Crippen LogP contribution in [0.2, 0.25) is 0 Å². The predicted molar refractivity (Wildman–Crippen MR) is 92.3 cm³/mol. The Morgan fingerprint density at radius 2 is 2.00 bits per heavy atom. The average Bonchev–Trinajstić information content (AvgIpc) is 2.55. The van der Waals surface area contributed by atoms with Gasteiger partial charge in [0, 0.05) is 24.6 Å². The molecule has 4 nitrogen and oxygen atoms in total. The average molecular weight is 334 g/mol. The molecule has 0 atom stereocenters. The third kappa shape index (κ3) is 5.93. The van der Waals surface area contributed by atoms with Gasteiger partial charge in [-0.15, -0.1) is 11.6 Å². The Morgan fingerprint density at radius 1 is 1.22 bits per heavy atom. The van der Waals surface area contributed by atoms with Crippen molar-refractivity contribution in [2.75, 3.05) is 12.4 Å². The number of ether oxygens (including phenoxy) is 1. The van der Waals surface area contributed by atoms with Crippen LogP contribution in [-0.4, -0.2) is 18.5 Å². The van der Waals surface area contributed by atoms with E-state index in [-0.39, 0.29) is 6.03 Å². The number of aryl methyl sites for hydroxylation is 1. The first-order valence-corrected chi connectivity index (χ1v) is 8.18. The zero-order valence-corrected chi connectivity index (χ0v) is 14.0. The molecule has 0 saturated heterocycles. The SMILES string of the molecule is Cc1cc([NH2+]C(=O)NCCCCl)ccc1OCc1ccccc1. The summed E-state index contributed by atoms with van der Waals surface area (Å²) in [6.45, 7) is 3.10. The predicted octanol–water partition coefficient (Wildman–Crippen LogP) is 3.11. The first kappa shape index (κ1) is 17.3. The second-order valence-corrected chi connectivity index (χ2v) is 5.66. The van der Waals surface area contributed by atoms with Gasteiger partial charge >= 0.3 is 6.03 Å². The highest BCUT2D eigenvalue weighted by Gasteiger charge is 2.09. The Hall–Kier alpha value is -2.04. The Labute approximate surface area is 141 Å². The molecule has 23 heavy (non-hydrogen) atoms. The number of halogens is 1. The van der Waals surface area contributed by atoms with Crippen LogP contribution in [0.1, 0.15) is 17.5 Å². The van der Waals surface area contributed by atoms with E-state index in [1.165, 1.54) is 0 Å². The molecule has 0 aliphatic rings. The Balaban J connectivity index is 1.88. The van der Waals surface area contributed by atoms with Crippen molar-refractivity contribution in [3.8, 4) is 5.75 Å². The van der Waals surface area contributed by atoms with E-state index in [0.29, 0.717) is 19.0 Å². The Morgan fingerprint density at radius 3 is 2.70 bits per heavy atom. The van der Waals surface area contributed by atoms with Crippen LogP contribution in [0.25, 0.3) is 0 Å². The van der Waals surface area contributed by atoms with E-state index in [1.807, 2.05) is 55.5 Å². The number of quaternary nitrogens is 1. The van der Waals surface area contributed by atoms with Gasteiger partial charge in [-0.3, -0.25) is 0 Å². The number of nitrogens with one attached hydrogen (secondary N) is 1. The smallest absolute Gasteiger partial charge is 0.418 e. The number of amides is 2. The van der Waals surface area contributed by atoms with Crippen molar-refractivity contribution in [3.63, 3.8) is 0 Å². The summed E-state index contributed by atoms with van der Waals surface area (Å²) in [5, 5.41) is 4.39. The molecule has 0 aliphatic heterocycles. The monoisotopic (exact) mass is 333 g/mol. The molecule has 0 heterocycles. The summed E-state index contributed by atoms with van der Waals surface area (Å²) < 4.78 is 5.83. The first-order chi connectivity index (χ1) is 11.2. The minimum atomic E-state index is -0.104. The van der Waals surface area contributed by atoms with E-state index in [1.54, 1.807) is 5.32 Å². The number of urea groups is 1. The summed E-state index contributed by atoms with van der Waals surface area (Å²) in [7, 11) is 0. The number of primary amides is 1. The molecule has 0 radical (unpaired) electrons. The normalized spacial score (nSPS) is 10.3. The third-order valence-electron chi connectivity index (χ3n) is 3.34. The minimum Gasteiger partial charge on any atom is -0.489 e. The fourth-order valence-corrected chi connectivity index (χ4v) is 2.27. The molecule has 0 fully saturated rings. The number of hydrogen-bond donors (Lipinski definition) is 2. The first-order valence-electron chi connectivity index (χ1n) is 7.65. The van der Waals surface area contributed by atoms with Crippen molar-refractivity contribution < 1.29 is 14.8 Å². The molecule has 2 aromatic rings. The molecule has 3 N–H and O–H groups in total. The maximum Gasteiger partial charge on any atom is 0.418 e. The number of hydrogen-bond acceptors (Lipinski definition) is 2. The lowest BCUT2D eigenvalue weighted by Gasteiger charge is -2.10. The van der Waals surface area contributed by atoms with Gasteiger partial charge in [-0.1, -0.05) is 30.3 Å². The quantitative estimate of drug-likeness (QED) is 0.465. The molecule has 0 bridgehead atoms. The number of carbonyl (C=O) groups is 1. The molecular formula is C18H22ClN2O2+. The molecule has 2 aromatic carbocycles. The minimum absolute atomic E-state index is 0.104. The summed E-state index contributed by atoms with van der Waals surface area (Å²) in [4.78, 5) is 11.8. The fourth-order valence-electron chi connectivity index (χ4n) is 2.14. The van der Waals surface area contributed by atoms with E-state index in [2.05, 4.69) is 5.32 Å². The second kappa shape index (κ2) is 9.18. The van der Waals surface area contributed by atoms with Crippen LogP contribution in [0.15, 0.2) is 48.5 Å². The summed E-state index contributed by atoms with van der Waals surface area (Å²) in [5.41, 5.74) is 2.99. The lowest BCUT2D eigenvalue weighted by Crippen LogP contribution is -2.85. The summed E-state index contributed by atoms with van der Waals surface area (Å²) in [6.07, 6.45) is 0.770. The van der Waals surface area contributed by atoms with E-state index >= 15 is 0 Å². The van der Waals surface area contributed by atoms with E-state index in [0.717, 1.165) is 29.0 Å². The fraction of sp³-hybridized carbons (Fsp3) is 0.278. The molecule has 2 rings (SSSR count). The number of benzene rings is 2. The third-order valence-corrected chi connectivity index (χ3v) is 3.61. The summed E-state index contributed by atoms with van der Waals surface area (Å²) in [6, 6.07) is 15.7.